The number of carbonyl (C=O) groups excluding carboxylic acids is 1. The molecule has 1 amide bonds. The van der Waals surface area contributed by atoms with Crippen LogP contribution < -0.4 is 5.32 Å². The lowest BCUT2D eigenvalue weighted by atomic mass is 9.81. The normalized spacial score (nSPS) is 17.2. The monoisotopic (exact) mass is 673 g/mol. The van der Waals surface area contributed by atoms with E-state index in [9.17, 15) is 4.79 Å². The van der Waals surface area contributed by atoms with Gasteiger partial charge in [0.2, 0.25) is 5.91 Å². The molecular weight excluding hydrogens is 615 g/mol. The van der Waals surface area contributed by atoms with Crippen LogP contribution in [0.15, 0.2) is 42.0 Å². The molecular formula is C36H59N5O3S2. The summed E-state index contributed by atoms with van der Waals surface area (Å²) in [5.41, 5.74) is 5.01. The van der Waals surface area contributed by atoms with Gasteiger partial charge in [-0.25, -0.2) is 24.7 Å². The maximum atomic E-state index is 14.2. The molecule has 1 aromatic heterocycles. The second-order valence-electron chi connectivity index (χ2n) is 14.7. The summed E-state index contributed by atoms with van der Waals surface area (Å²) in [6.45, 7) is 10.4. The smallest absolute Gasteiger partial charge is 0.235 e. The molecule has 1 heterocycles. The molecule has 4 rings (SSSR count). The maximum absolute atomic E-state index is 14.2. The van der Waals surface area contributed by atoms with Crippen molar-refractivity contribution in [3.05, 3.63) is 48.4 Å². The molecule has 10 heteroatoms. The first kappa shape index (κ1) is 36.6. The number of amides is 1. The van der Waals surface area contributed by atoms with Gasteiger partial charge in [-0.1, -0.05) is 18.7 Å². The van der Waals surface area contributed by atoms with E-state index in [1.807, 2.05) is 28.6 Å². The molecule has 0 saturated heterocycles. The lowest BCUT2D eigenvalue weighted by Gasteiger charge is -2.33. The van der Waals surface area contributed by atoms with Crippen molar-refractivity contribution in [3.8, 4) is 11.1 Å². The highest BCUT2D eigenvalue weighted by Crippen LogP contribution is 2.53. The first-order valence-corrected chi connectivity index (χ1v) is 22.6. The van der Waals surface area contributed by atoms with E-state index in [1.54, 1.807) is 13.2 Å². The Balaban J connectivity index is 1.48. The Morgan fingerprint density at radius 2 is 1.59 bits per heavy atom. The Kier molecular flexibility index (Phi) is 12.5. The molecule has 2 aromatic rings. The van der Waals surface area contributed by atoms with Crippen molar-refractivity contribution in [3.63, 3.8) is 0 Å². The van der Waals surface area contributed by atoms with Gasteiger partial charge < -0.3 is 19.7 Å². The van der Waals surface area contributed by atoms with Gasteiger partial charge in [0.1, 0.15) is 19.3 Å². The van der Waals surface area contributed by atoms with E-state index in [4.69, 9.17) is 19.6 Å². The quantitative estimate of drug-likeness (QED) is 0.0801. The van der Waals surface area contributed by atoms with Crippen LogP contribution in [0.2, 0.25) is 0 Å². The van der Waals surface area contributed by atoms with Crippen molar-refractivity contribution < 1.29 is 14.3 Å². The molecule has 0 bridgehead atoms. The number of hydrogen-bond acceptors (Lipinski definition) is 5. The third-order valence-electron chi connectivity index (χ3n) is 8.97. The Morgan fingerprint density at radius 1 is 1.02 bits per heavy atom. The zero-order chi connectivity index (χ0) is 33.6. The minimum atomic E-state index is -0.646. The molecule has 2 aliphatic carbocycles. The summed E-state index contributed by atoms with van der Waals surface area (Å²) < 4.78 is 14.0. The van der Waals surface area contributed by atoms with Gasteiger partial charge in [0.25, 0.3) is 0 Å². The summed E-state index contributed by atoms with van der Waals surface area (Å²) in [4.78, 5) is 20.9. The lowest BCUT2D eigenvalue weighted by Crippen LogP contribution is -2.45. The molecule has 1 N–H and O–H groups in total. The zero-order valence-corrected chi connectivity index (χ0v) is 31.4. The van der Waals surface area contributed by atoms with Crippen LogP contribution in [0.3, 0.4) is 0 Å². The standard InChI is InChI=1S/C36H59N5O3S2/c1-11-40(24-43-20-22-45(5,6)7)35(37-4)34(33(29-12-13-29)30-14-15-30)36(42)38-31-18-16-28(17-19-31)32-26(2)39-41(27(32)3)25-44-21-23-46(8,9)10/h11,16-19,29-30,33-34H,1,12-15,20-25H2,2-10H3,(H,38,42)/b37-35-. The highest BCUT2D eigenvalue weighted by Gasteiger charge is 2.50. The summed E-state index contributed by atoms with van der Waals surface area (Å²) in [6, 6.07) is 8.15. The number of anilines is 1. The van der Waals surface area contributed by atoms with Crippen LogP contribution >= 0.6 is 20.1 Å². The number of hydrogen-bond donors (Lipinski definition) is 1. The number of aliphatic imine (C=N–C) groups is 1. The van der Waals surface area contributed by atoms with Gasteiger partial charge in [-0.3, -0.25) is 9.79 Å². The predicted octanol–water partition coefficient (Wildman–Crippen LogP) is 6.97. The van der Waals surface area contributed by atoms with Gasteiger partial charge >= 0.3 is 0 Å². The van der Waals surface area contributed by atoms with Gasteiger partial charge in [-0.15, -0.1) is 0 Å². The fourth-order valence-electron chi connectivity index (χ4n) is 6.13. The minimum Gasteiger partial charge on any atom is -0.360 e. The van der Waals surface area contributed by atoms with Gasteiger partial charge in [-0.05, 0) is 113 Å². The van der Waals surface area contributed by atoms with E-state index in [0.717, 1.165) is 52.2 Å². The number of aromatic nitrogens is 2. The average Bonchev–Trinajstić information content (AvgIpc) is 3.91. The van der Waals surface area contributed by atoms with E-state index in [1.165, 1.54) is 25.7 Å². The number of carbonyl (C=O) groups is 1. The number of amidine groups is 1. The third-order valence-corrected chi connectivity index (χ3v) is 11.8. The van der Waals surface area contributed by atoms with Crippen LogP contribution in [0.1, 0.15) is 37.1 Å². The zero-order valence-electron chi connectivity index (χ0n) is 29.8. The first-order chi connectivity index (χ1) is 21.7. The van der Waals surface area contributed by atoms with Crippen LogP contribution in [0, 0.1) is 37.5 Å². The number of rotatable bonds is 18. The summed E-state index contributed by atoms with van der Waals surface area (Å²) in [7, 11) is 0.559. The highest BCUT2D eigenvalue weighted by molar-refractivity contribution is 8.32. The van der Waals surface area contributed by atoms with Crippen molar-refractivity contribution in [1.82, 2.24) is 14.7 Å². The number of nitrogens with zero attached hydrogens (tertiary/aromatic N) is 4. The van der Waals surface area contributed by atoms with Crippen molar-refractivity contribution in [2.24, 2.45) is 28.7 Å². The molecule has 2 fully saturated rings. The predicted molar refractivity (Wildman–Crippen MR) is 201 cm³/mol. The Labute approximate surface area is 281 Å². The fraction of sp³-hybridized carbons (Fsp3) is 0.639. The number of nitrogens with one attached hydrogen (secondary N) is 1. The molecule has 8 nitrogen and oxygen atoms in total. The average molecular weight is 674 g/mol. The highest BCUT2D eigenvalue weighted by atomic mass is 32.3. The molecule has 1 unspecified atom stereocenters. The van der Waals surface area contributed by atoms with Crippen molar-refractivity contribution >= 4 is 37.5 Å². The Morgan fingerprint density at radius 3 is 2.09 bits per heavy atom. The van der Waals surface area contributed by atoms with Gasteiger partial charge in [0, 0.05) is 41.7 Å². The van der Waals surface area contributed by atoms with Gasteiger partial charge in [0.15, 0.2) is 0 Å². The van der Waals surface area contributed by atoms with Crippen LogP contribution in [0.25, 0.3) is 11.1 Å². The van der Waals surface area contributed by atoms with Crippen molar-refractivity contribution in [2.75, 3.05) is 81.3 Å². The van der Waals surface area contributed by atoms with Gasteiger partial charge in [-0.2, -0.15) is 5.10 Å². The first-order valence-electron chi connectivity index (χ1n) is 16.5. The lowest BCUT2D eigenvalue weighted by molar-refractivity contribution is -0.120. The second-order valence-corrected chi connectivity index (χ2v) is 23.9. The molecule has 0 radical (unpaired) electrons. The van der Waals surface area contributed by atoms with Crippen LogP contribution in [-0.2, 0) is 21.0 Å². The fourth-order valence-corrected chi connectivity index (χ4v) is 7.36. The Bertz CT molecular complexity index is 1340. The third kappa shape index (κ3) is 10.4. The number of ether oxygens (including phenoxy) is 2. The van der Waals surface area contributed by atoms with Crippen LogP contribution in [0.5, 0.6) is 0 Å². The van der Waals surface area contributed by atoms with E-state index in [2.05, 4.69) is 68.5 Å². The largest absolute Gasteiger partial charge is 0.360 e. The minimum absolute atomic E-state index is 0.00226. The van der Waals surface area contributed by atoms with E-state index < -0.39 is 20.1 Å². The molecule has 1 aromatic carbocycles. The van der Waals surface area contributed by atoms with Crippen molar-refractivity contribution in [2.45, 2.75) is 46.3 Å². The summed E-state index contributed by atoms with van der Waals surface area (Å²) >= 11 is 0. The molecule has 2 saturated carbocycles. The van der Waals surface area contributed by atoms with E-state index >= 15 is 0 Å². The van der Waals surface area contributed by atoms with Gasteiger partial charge in [0.05, 0.1) is 24.8 Å². The van der Waals surface area contributed by atoms with Crippen molar-refractivity contribution in [1.29, 1.82) is 0 Å². The van der Waals surface area contributed by atoms with Crippen LogP contribution in [0.4, 0.5) is 5.69 Å². The molecule has 1 atom stereocenters. The molecule has 258 valence electrons. The van der Waals surface area contributed by atoms with E-state index in [0.29, 0.717) is 31.9 Å². The molecule has 0 spiro atoms. The van der Waals surface area contributed by atoms with Crippen LogP contribution in [-0.4, -0.2) is 102 Å². The Hall–Kier alpha value is -2.27. The maximum Gasteiger partial charge on any atom is 0.235 e. The number of aryl methyl sites for hydroxylation is 1. The van der Waals surface area contributed by atoms with E-state index in [-0.39, 0.29) is 17.7 Å². The second kappa shape index (κ2) is 15.8. The summed E-state index contributed by atoms with van der Waals surface area (Å²) in [6.07, 6.45) is 20.3. The summed E-state index contributed by atoms with van der Waals surface area (Å²) in [5.74, 6) is 3.93. The molecule has 2 aliphatic rings. The molecule has 46 heavy (non-hydrogen) atoms. The topological polar surface area (TPSA) is 81.0 Å². The SMILES string of the molecule is C=CN(COCCS(C)(C)C)/C(=N\C)C(C(=O)Nc1ccc(-c2c(C)nn(COCCS(C)(C)C)c2C)cc1)C(C1CC1)C1CC1. The number of benzene rings is 1. The molecule has 0 aliphatic heterocycles. The summed E-state index contributed by atoms with van der Waals surface area (Å²) in [5, 5.41) is 8.04.